The van der Waals surface area contributed by atoms with E-state index in [4.69, 9.17) is 19.7 Å². The minimum absolute atomic E-state index is 0.213. The Hall–Kier alpha value is -0.460. The summed E-state index contributed by atoms with van der Waals surface area (Å²) in [6.07, 6.45) is 0.169. The highest BCUT2D eigenvalue weighted by Gasteiger charge is 2.26. The van der Waals surface area contributed by atoms with E-state index in [0.717, 1.165) is 0 Å². The Bertz CT molecular complexity index is 205. The summed E-state index contributed by atoms with van der Waals surface area (Å²) in [4.78, 5) is 0. The van der Waals surface area contributed by atoms with Crippen LogP contribution in [-0.4, -0.2) is 53.6 Å². The van der Waals surface area contributed by atoms with Gasteiger partial charge in [0.2, 0.25) is 0 Å². The second-order valence-corrected chi connectivity index (χ2v) is 4.12. The molecule has 0 rings (SSSR count). The van der Waals surface area contributed by atoms with Gasteiger partial charge < -0.3 is 24.8 Å². The Morgan fingerprint density at radius 2 is 1.88 bits per heavy atom. The summed E-state index contributed by atoms with van der Waals surface area (Å²) in [5.41, 5.74) is -0.313. The zero-order chi connectivity index (χ0) is 13.3. The monoisotopic (exact) mass is 248 g/mol. The maximum Gasteiger partial charge on any atom is 0.176 e. The zero-order valence-corrected chi connectivity index (χ0v) is 10.7. The molecule has 0 radical (unpaired) electrons. The number of rotatable bonds is 10. The van der Waals surface area contributed by atoms with Gasteiger partial charge in [-0.3, -0.25) is 0 Å². The van der Waals surface area contributed by atoms with Gasteiger partial charge >= 0.3 is 0 Å². The lowest BCUT2D eigenvalue weighted by atomic mass is 10.0. The van der Waals surface area contributed by atoms with Crippen LogP contribution in [0.15, 0.2) is 12.2 Å². The molecule has 5 nitrogen and oxygen atoms in total. The number of aliphatic hydroxyl groups is 3. The van der Waals surface area contributed by atoms with E-state index < -0.39 is 11.9 Å². The molecule has 5 heteroatoms. The lowest BCUT2D eigenvalue weighted by Crippen LogP contribution is -2.40. The van der Waals surface area contributed by atoms with Crippen molar-refractivity contribution >= 4 is 0 Å². The Kier molecular flexibility index (Phi) is 8.37. The predicted octanol–water partition coefficient (Wildman–Crippen LogP) is 0.438. The molecular formula is C12H24O5. The summed E-state index contributed by atoms with van der Waals surface area (Å²) < 4.78 is 10.5. The summed E-state index contributed by atoms with van der Waals surface area (Å²) in [7, 11) is 0. The van der Waals surface area contributed by atoms with Crippen molar-refractivity contribution in [1.82, 2.24) is 0 Å². The quantitative estimate of drug-likeness (QED) is 0.297. The van der Waals surface area contributed by atoms with E-state index >= 15 is 0 Å². The van der Waals surface area contributed by atoms with E-state index in [1.165, 1.54) is 0 Å². The van der Waals surface area contributed by atoms with Crippen molar-refractivity contribution in [3.63, 3.8) is 0 Å². The highest BCUT2D eigenvalue weighted by molar-refractivity contribution is 4.91. The standard InChI is InChI=1S/C12H24O5/c1-4-12(8-13,9-14)17-7-5-6-16-11(15)10(2)3/h11,13-15H,2,4-9H2,1,3H3. The van der Waals surface area contributed by atoms with Gasteiger partial charge in [-0.15, -0.1) is 0 Å². The second-order valence-electron chi connectivity index (χ2n) is 4.12. The van der Waals surface area contributed by atoms with Crippen molar-refractivity contribution in [3.8, 4) is 0 Å². The molecule has 0 aromatic carbocycles. The Morgan fingerprint density at radius 1 is 1.29 bits per heavy atom. The van der Waals surface area contributed by atoms with Crippen LogP contribution in [0.1, 0.15) is 26.7 Å². The van der Waals surface area contributed by atoms with Crippen molar-refractivity contribution in [2.45, 2.75) is 38.6 Å². The van der Waals surface area contributed by atoms with Crippen molar-refractivity contribution < 1.29 is 24.8 Å². The maximum absolute atomic E-state index is 9.28. The third kappa shape index (κ3) is 6.14. The van der Waals surface area contributed by atoms with Crippen LogP contribution in [0.5, 0.6) is 0 Å². The number of ether oxygens (including phenoxy) is 2. The SMILES string of the molecule is C=C(C)C(O)OCCCOC(CC)(CO)CO. The van der Waals surface area contributed by atoms with E-state index in [1.54, 1.807) is 6.92 Å². The van der Waals surface area contributed by atoms with Crippen LogP contribution < -0.4 is 0 Å². The number of hydrogen-bond acceptors (Lipinski definition) is 5. The molecule has 0 saturated heterocycles. The summed E-state index contributed by atoms with van der Waals surface area (Å²) in [6.45, 7) is 7.35. The van der Waals surface area contributed by atoms with Gasteiger partial charge in [0.25, 0.3) is 0 Å². The summed E-state index contributed by atoms with van der Waals surface area (Å²) in [5.74, 6) is 0. The molecule has 0 aliphatic rings. The van der Waals surface area contributed by atoms with E-state index in [0.29, 0.717) is 31.6 Å². The van der Waals surface area contributed by atoms with Crippen molar-refractivity contribution in [3.05, 3.63) is 12.2 Å². The van der Waals surface area contributed by atoms with Gasteiger partial charge in [-0.05, 0) is 25.3 Å². The Balaban J connectivity index is 3.73. The molecule has 102 valence electrons. The lowest BCUT2D eigenvalue weighted by Gasteiger charge is -2.28. The molecule has 0 bridgehead atoms. The molecule has 3 N–H and O–H groups in total. The van der Waals surface area contributed by atoms with Crippen molar-refractivity contribution in [1.29, 1.82) is 0 Å². The predicted molar refractivity (Wildman–Crippen MR) is 64.5 cm³/mol. The normalized spacial score (nSPS) is 13.7. The highest BCUT2D eigenvalue weighted by Crippen LogP contribution is 2.14. The third-order valence-corrected chi connectivity index (χ3v) is 2.61. The number of hydrogen-bond donors (Lipinski definition) is 3. The molecule has 0 aliphatic carbocycles. The van der Waals surface area contributed by atoms with Crippen molar-refractivity contribution in [2.75, 3.05) is 26.4 Å². The first-order valence-electron chi connectivity index (χ1n) is 5.82. The van der Waals surface area contributed by atoms with Gasteiger partial charge in [-0.1, -0.05) is 13.5 Å². The van der Waals surface area contributed by atoms with Crippen LogP contribution >= 0.6 is 0 Å². The van der Waals surface area contributed by atoms with Gasteiger partial charge in [-0.25, -0.2) is 0 Å². The van der Waals surface area contributed by atoms with Crippen LogP contribution in [0.3, 0.4) is 0 Å². The molecule has 1 atom stereocenters. The average molecular weight is 248 g/mol. The third-order valence-electron chi connectivity index (χ3n) is 2.61. The molecule has 0 spiro atoms. The fourth-order valence-corrected chi connectivity index (χ4v) is 1.15. The molecule has 0 aromatic rings. The largest absolute Gasteiger partial charge is 0.393 e. The van der Waals surface area contributed by atoms with E-state index in [-0.39, 0.29) is 13.2 Å². The minimum Gasteiger partial charge on any atom is -0.393 e. The molecule has 0 saturated carbocycles. The van der Waals surface area contributed by atoms with Crippen LogP contribution in [0, 0.1) is 0 Å². The van der Waals surface area contributed by atoms with Gasteiger partial charge in [-0.2, -0.15) is 0 Å². The second kappa shape index (κ2) is 8.60. The molecule has 0 amide bonds. The fraction of sp³-hybridized carbons (Fsp3) is 0.833. The highest BCUT2D eigenvalue weighted by atomic mass is 16.6. The Labute approximate surface area is 103 Å². The van der Waals surface area contributed by atoms with E-state index in [2.05, 4.69) is 6.58 Å². The van der Waals surface area contributed by atoms with Crippen LogP contribution in [0.4, 0.5) is 0 Å². The first kappa shape index (κ1) is 16.5. The molecule has 0 aromatic heterocycles. The first-order chi connectivity index (χ1) is 8.01. The lowest BCUT2D eigenvalue weighted by molar-refractivity contribution is -0.122. The topological polar surface area (TPSA) is 79.2 Å². The molecule has 17 heavy (non-hydrogen) atoms. The van der Waals surface area contributed by atoms with E-state index in [1.807, 2.05) is 6.92 Å². The molecule has 0 aliphatic heterocycles. The van der Waals surface area contributed by atoms with Gasteiger partial charge in [0, 0.05) is 6.61 Å². The van der Waals surface area contributed by atoms with Crippen LogP contribution in [0.2, 0.25) is 0 Å². The zero-order valence-electron chi connectivity index (χ0n) is 10.7. The van der Waals surface area contributed by atoms with Gasteiger partial charge in [0.15, 0.2) is 6.29 Å². The van der Waals surface area contributed by atoms with Crippen molar-refractivity contribution in [2.24, 2.45) is 0 Å². The minimum atomic E-state index is -0.943. The Morgan fingerprint density at radius 3 is 2.29 bits per heavy atom. The smallest absolute Gasteiger partial charge is 0.176 e. The molecule has 0 heterocycles. The average Bonchev–Trinajstić information content (AvgIpc) is 2.34. The summed E-state index contributed by atoms with van der Waals surface area (Å²) in [5, 5.41) is 27.5. The number of aliphatic hydroxyl groups excluding tert-OH is 3. The molecule has 0 fully saturated rings. The fourth-order valence-electron chi connectivity index (χ4n) is 1.15. The first-order valence-corrected chi connectivity index (χ1v) is 5.82. The van der Waals surface area contributed by atoms with Crippen LogP contribution in [-0.2, 0) is 9.47 Å². The maximum atomic E-state index is 9.28. The summed E-state index contributed by atoms with van der Waals surface area (Å²) >= 11 is 0. The van der Waals surface area contributed by atoms with E-state index in [9.17, 15) is 5.11 Å². The molecule has 1 unspecified atom stereocenters. The molecular weight excluding hydrogens is 224 g/mol. The summed E-state index contributed by atoms with van der Waals surface area (Å²) in [6, 6.07) is 0. The van der Waals surface area contributed by atoms with Crippen LogP contribution in [0.25, 0.3) is 0 Å². The van der Waals surface area contributed by atoms with Gasteiger partial charge in [0.05, 0.1) is 19.8 Å². The van der Waals surface area contributed by atoms with Gasteiger partial charge in [0.1, 0.15) is 5.60 Å².